The standard InChI is InChI=1S/C19H26N2O3/c22-18(14-15-6-2-1-3-7-15)20-17-9-5-4-8-16(17)19(23)21-10-12-24-13-11-21/h4-5,8-9,15H,1-3,6-7,10-14H2,(H,20,22). The number of nitrogens with zero attached hydrogens (tertiary/aromatic N) is 1. The highest BCUT2D eigenvalue weighted by molar-refractivity contribution is 6.03. The molecule has 130 valence electrons. The topological polar surface area (TPSA) is 58.6 Å². The molecule has 1 N–H and O–H groups in total. The van der Waals surface area contributed by atoms with Crippen LogP contribution in [0, 0.1) is 5.92 Å². The second kappa shape index (κ2) is 8.29. The summed E-state index contributed by atoms with van der Waals surface area (Å²) in [5, 5.41) is 2.96. The van der Waals surface area contributed by atoms with Crippen molar-refractivity contribution in [3.63, 3.8) is 0 Å². The van der Waals surface area contributed by atoms with Gasteiger partial charge in [0.15, 0.2) is 0 Å². The normalized spacial score (nSPS) is 19.1. The Labute approximate surface area is 143 Å². The molecule has 1 aliphatic carbocycles. The van der Waals surface area contributed by atoms with Crippen LogP contribution in [0.1, 0.15) is 48.9 Å². The summed E-state index contributed by atoms with van der Waals surface area (Å²) in [6, 6.07) is 7.29. The predicted molar refractivity (Wildman–Crippen MR) is 93.0 cm³/mol. The molecule has 1 aliphatic heterocycles. The Hall–Kier alpha value is -1.88. The molecule has 1 aromatic carbocycles. The van der Waals surface area contributed by atoms with Crippen LogP contribution in [0.15, 0.2) is 24.3 Å². The molecule has 24 heavy (non-hydrogen) atoms. The molecule has 1 saturated carbocycles. The molecular weight excluding hydrogens is 304 g/mol. The lowest BCUT2D eigenvalue weighted by molar-refractivity contribution is -0.117. The molecule has 3 rings (SSSR count). The van der Waals surface area contributed by atoms with Gasteiger partial charge >= 0.3 is 0 Å². The Kier molecular flexibility index (Phi) is 5.86. The highest BCUT2D eigenvalue weighted by Gasteiger charge is 2.22. The van der Waals surface area contributed by atoms with Gasteiger partial charge in [0.1, 0.15) is 0 Å². The first kappa shape index (κ1) is 17.0. The molecule has 0 radical (unpaired) electrons. The Bertz CT molecular complexity index is 576. The second-order valence-electron chi connectivity index (χ2n) is 6.71. The van der Waals surface area contributed by atoms with Crippen LogP contribution in [-0.4, -0.2) is 43.0 Å². The van der Waals surface area contributed by atoms with Crippen molar-refractivity contribution in [2.24, 2.45) is 5.92 Å². The van der Waals surface area contributed by atoms with Crippen LogP contribution < -0.4 is 5.32 Å². The molecule has 1 aromatic rings. The minimum atomic E-state index is -0.0353. The summed E-state index contributed by atoms with van der Waals surface area (Å²) in [6.45, 7) is 2.34. The van der Waals surface area contributed by atoms with Gasteiger partial charge in [0.05, 0.1) is 24.5 Å². The molecule has 2 aliphatic rings. The van der Waals surface area contributed by atoms with Crippen LogP contribution in [0.3, 0.4) is 0 Å². The van der Waals surface area contributed by atoms with Crippen molar-refractivity contribution >= 4 is 17.5 Å². The number of hydrogen-bond acceptors (Lipinski definition) is 3. The van der Waals surface area contributed by atoms with Gasteiger partial charge < -0.3 is 15.0 Å². The molecule has 0 bridgehead atoms. The van der Waals surface area contributed by atoms with Crippen LogP contribution in [0.25, 0.3) is 0 Å². The lowest BCUT2D eigenvalue weighted by atomic mass is 9.87. The second-order valence-corrected chi connectivity index (χ2v) is 6.71. The van der Waals surface area contributed by atoms with E-state index in [4.69, 9.17) is 4.74 Å². The van der Waals surface area contributed by atoms with Crippen LogP contribution in [0.5, 0.6) is 0 Å². The van der Waals surface area contributed by atoms with Crippen molar-refractivity contribution < 1.29 is 14.3 Å². The first-order chi connectivity index (χ1) is 11.7. The highest BCUT2D eigenvalue weighted by Crippen LogP contribution is 2.27. The van der Waals surface area contributed by atoms with Gasteiger partial charge in [0.25, 0.3) is 5.91 Å². The summed E-state index contributed by atoms with van der Waals surface area (Å²) in [7, 11) is 0. The number of anilines is 1. The minimum absolute atomic E-state index is 0.0177. The zero-order chi connectivity index (χ0) is 16.8. The smallest absolute Gasteiger partial charge is 0.256 e. The number of carbonyl (C=O) groups is 2. The quantitative estimate of drug-likeness (QED) is 0.923. The van der Waals surface area contributed by atoms with Crippen LogP contribution in [0.2, 0.25) is 0 Å². The first-order valence-electron chi connectivity index (χ1n) is 9.00. The fourth-order valence-electron chi connectivity index (χ4n) is 3.57. The molecule has 0 aromatic heterocycles. The maximum absolute atomic E-state index is 12.7. The van der Waals surface area contributed by atoms with E-state index in [-0.39, 0.29) is 11.8 Å². The average Bonchev–Trinajstić information content (AvgIpc) is 2.63. The average molecular weight is 330 g/mol. The number of ether oxygens (including phenoxy) is 1. The Morgan fingerprint density at radius 1 is 1.08 bits per heavy atom. The fraction of sp³-hybridized carbons (Fsp3) is 0.579. The van der Waals surface area contributed by atoms with Crippen LogP contribution in [-0.2, 0) is 9.53 Å². The number of hydrogen-bond donors (Lipinski definition) is 1. The van der Waals surface area contributed by atoms with Gasteiger partial charge in [-0.2, -0.15) is 0 Å². The molecule has 5 heteroatoms. The van der Waals surface area contributed by atoms with Crippen molar-refractivity contribution in [2.75, 3.05) is 31.6 Å². The maximum atomic E-state index is 12.7. The van der Waals surface area contributed by atoms with Crippen LogP contribution >= 0.6 is 0 Å². The molecule has 0 atom stereocenters. The van der Waals surface area contributed by atoms with E-state index in [9.17, 15) is 9.59 Å². The Morgan fingerprint density at radius 2 is 1.79 bits per heavy atom. The van der Waals surface area contributed by atoms with Crippen molar-refractivity contribution in [3.05, 3.63) is 29.8 Å². The molecule has 1 saturated heterocycles. The molecule has 5 nitrogen and oxygen atoms in total. The fourth-order valence-corrected chi connectivity index (χ4v) is 3.57. The van der Waals surface area contributed by atoms with E-state index in [0.717, 1.165) is 12.8 Å². The van der Waals surface area contributed by atoms with E-state index in [1.807, 2.05) is 18.2 Å². The summed E-state index contributed by atoms with van der Waals surface area (Å²) in [5.41, 5.74) is 1.19. The number of rotatable bonds is 4. The van der Waals surface area contributed by atoms with Gasteiger partial charge in [-0.05, 0) is 30.9 Å². The summed E-state index contributed by atoms with van der Waals surface area (Å²) >= 11 is 0. The predicted octanol–water partition coefficient (Wildman–Crippen LogP) is 3.07. The number of para-hydroxylation sites is 1. The van der Waals surface area contributed by atoms with Gasteiger partial charge in [-0.1, -0.05) is 31.4 Å². The number of nitrogens with one attached hydrogen (secondary N) is 1. The SMILES string of the molecule is O=C(CC1CCCCC1)Nc1ccccc1C(=O)N1CCOCC1. The zero-order valence-electron chi connectivity index (χ0n) is 14.1. The van der Waals surface area contributed by atoms with E-state index in [0.29, 0.717) is 49.9 Å². The molecule has 2 fully saturated rings. The third-order valence-electron chi connectivity index (χ3n) is 4.93. The summed E-state index contributed by atoms with van der Waals surface area (Å²) < 4.78 is 5.30. The van der Waals surface area contributed by atoms with E-state index >= 15 is 0 Å². The van der Waals surface area contributed by atoms with E-state index in [1.165, 1.54) is 19.3 Å². The lowest BCUT2D eigenvalue weighted by Gasteiger charge is -2.27. The van der Waals surface area contributed by atoms with E-state index in [1.54, 1.807) is 11.0 Å². The minimum Gasteiger partial charge on any atom is -0.378 e. The van der Waals surface area contributed by atoms with Crippen molar-refractivity contribution in [1.82, 2.24) is 4.90 Å². The summed E-state index contributed by atoms with van der Waals surface area (Å²) in [4.78, 5) is 26.9. The molecule has 0 unspecified atom stereocenters. The summed E-state index contributed by atoms with van der Waals surface area (Å²) in [6.07, 6.45) is 6.58. The lowest BCUT2D eigenvalue weighted by Crippen LogP contribution is -2.41. The largest absolute Gasteiger partial charge is 0.378 e. The third kappa shape index (κ3) is 4.35. The number of benzene rings is 1. The first-order valence-corrected chi connectivity index (χ1v) is 9.00. The van der Waals surface area contributed by atoms with Gasteiger partial charge in [-0.25, -0.2) is 0 Å². The maximum Gasteiger partial charge on any atom is 0.256 e. The monoisotopic (exact) mass is 330 g/mol. The zero-order valence-corrected chi connectivity index (χ0v) is 14.1. The van der Waals surface area contributed by atoms with Crippen molar-refractivity contribution in [1.29, 1.82) is 0 Å². The van der Waals surface area contributed by atoms with E-state index < -0.39 is 0 Å². The van der Waals surface area contributed by atoms with Gasteiger partial charge in [0, 0.05) is 19.5 Å². The van der Waals surface area contributed by atoms with Crippen molar-refractivity contribution in [3.8, 4) is 0 Å². The highest BCUT2D eigenvalue weighted by atomic mass is 16.5. The van der Waals surface area contributed by atoms with Gasteiger partial charge in [-0.3, -0.25) is 9.59 Å². The Balaban J connectivity index is 1.64. The van der Waals surface area contributed by atoms with Crippen LogP contribution in [0.4, 0.5) is 5.69 Å². The van der Waals surface area contributed by atoms with Gasteiger partial charge in [0.2, 0.25) is 5.91 Å². The molecule has 1 heterocycles. The third-order valence-corrected chi connectivity index (χ3v) is 4.93. The summed E-state index contributed by atoms with van der Waals surface area (Å²) in [5.74, 6) is 0.469. The number of morpholine rings is 1. The van der Waals surface area contributed by atoms with Crippen molar-refractivity contribution in [2.45, 2.75) is 38.5 Å². The molecule has 2 amide bonds. The van der Waals surface area contributed by atoms with Gasteiger partial charge in [-0.15, -0.1) is 0 Å². The number of amides is 2. The van der Waals surface area contributed by atoms with E-state index in [2.05, 4.69) is 5.32 Å². The Morgan fingerprint density at radius 3 is 2.54 bits per heavy atom. The number of carbonyl (C=O) groups excluding carboxylic acids is 2. The molecule has 0 spiro atoms. The molecular formula is C19H26N2O3.